The maximum Gasteiger partial charge on any atom is 0.239 e. The minimum Gasteiger partial charge on any atom is -0.353 e. The van der Waals surface area contributed by atoms with Crippen molar-refractivity contribution in [3.05, 3.63) is 16.5 Å². The number of nitrogens with zero attached hydrogens (tertiary/aromatic N) is 3. The average molecular weight is 271 g/mol. The smallest absolute Gasteiger partial charge is 0.239 e. The third-order valence-electron chi connectivity index (χ3n) is 2.16. The summed E-state index contributed by atoms with van der Waals surface area (Å²) >= 11 is 3.32. The lowest BCUT2D eigenvalue weighted by molar-refractivity contribution is -0.120. The van der Waals surface area contributed by atoms with Crippen molar-refractivity contribution in [1.29, 1.82) is 0 Å². The quantitative estimate of drug-likeness (QED) is 0.755. The van der Waals surface area contributed by atoms with Crippen LogP contribution in [0.3, 0.4) is 0 Å². The molecule has 0 spiro atoms. The normalized spacial score (nSPS) is 16.4. The van der Waals surface area contributed by atoms with Crippen LogP contribution in [0.4, 0.5) is 5.82 Å². The van der Waals surface area contributed by atoms with Crippen LogP contribution in [0.2, 0.25) is 0 Å². The first-order valence-electron chi connectivity index (χ1n) is 4.68. The number of piperazine rings is 1. The van der Waals surface area contributed by atoms with Crippen LogP contribution >= 0.6 is 15.9 Å². The van der Waals surface area contributed by atoms with E-state index in [9.17, 15) is 4.79 Å². The third kappa shape index (κ3) is 2.44. The number of anilines is 1. The molecule has 1 N–H and O–H groups in total. The van der Waals surface area contributed by atoms with Gasteiger partial charge in [-0.3, -0.25) is 4.79 Å². The number of nitrogens with one attached hydrogen (secondary N) is 1. The Bertz CT molecular complexity index is 375. The van der Waals surface area contributed by atoms with Gasteiger partial charge in [0.25, 0.3) is 0 Å². The highest BCUT2D eigenvalue weighted by Crippen LogP contribution is 2.16. The summed E-state index contributed by atoms with van der Waals surface area (Å²) in [5.41, 5.74) is 0. The molecule has 1 amide bonds. The minimum absolute atomic E-state index is 0.0358. The van der Waals surface area contributed by atoms with E-state index in [2.05, 4.69) is 31.2 Å². The Morgan fingerprint density at radius 2 is 2.33 bits per heavy atom. The van der Waals surface area contributed by atoms with Gasteiger partial charge in [0.05, 0.1) is 6.54 Å². The molecular formula is C9H11BrN4O. The SMILES string of the molecule is Cc1nc(Br)cc(N2CCNC(=O)C2)n1. The summed E-state index contributed by atoms with van der Waals surface area (Å²) < 4.78 is 0.746. The van der Waals surface area contributed by atoms with Gasteiger partial charge in [0.15, 0.2) is 0 Å². The number of carbonyl (C=O) groups is 1. The fourth-order valence-electron chi connectivity index (χ4n) is 1.51. The van der Waals surface area contributed by atoms with Crippen molar-refractivity contribution in [2.24, 2.45) is 0 Å². The molecule has 1 aromatic heterocycles. The molecule has 0 atom stereocenters. The van der Waals surface area contributed by atoms with Gasteiger partial charge in [0.2, 0.25) is 5.91 Å². The zero-order valence-corrected chi connectivity index (χ0v) is 9.91. The van der Waals surface area contributed by atoms with Crippen LogP contribution < -0.4 is 10.2 Å². The summed E-state index contributed by atoms with van der Waals surface area (Å²) in [7, 11) is 0. The minimum atomic E-state index is 0.0358. The van der Waals surface area contributed by atoms with Gasteiger partial charge in [-0.2, -0.15) is 0 Å². The molecule has 0 bridgehead atoms. The van der Waals surface area contributed by atoms with E-state index in [1.807, 2.05) is 17.9 Å². The number of aromatic nitrogens is 2. The van der Waals surface area contributed by atoms with E-state index < -0.39 is 0 Å². The van der Waals surface area contributed by atoms with E-state index in [1.165, 1.54) is 0 Å². The van der Waals surface area contributed by atoms with Crippen LogP contribution in [-0.2, 0) is 4.79 Å². The molecule has 1 aromatic rings. The van der Waals surface area contributed by atoms with Crippen LogP contribution in [0.5, 0.6) is 0 Å². The largest absolute Gasteiger partial charge is 0.353 e. The van der Waals surface area contributed by atoms with Gasteiger partial charge in [-0.05, 0) is 22.9 Å². The Balaban J connectivity index is 2.24. The molecule has 1 aliphatic rings. The third-order valence-corrected chi connectivity index (χ3v) is 2.56. The molecule has 1 aliphatic heterocycles. The fourth-order valence-corrected chi connectivity index (χ4v) is 1.97. The van der Waals surface area contributed by atoms with Crippen LogP contribution in [0.1, 0.15) is 5.82 Å². The number of aryl methyl sites for hydroxylation is 1. The molecule has 1 fully saturated rings. The van der Waals surface area contributed by atoms with Gasteiger partial charge in [0.1, 0.15) is 16.2 Å². The van der Waals surface area contributed by atoms with Gasteiger partial charge < -0.3 is 10.2 Å². The molecule has 2 rings (SSSR count). The Kier molecular flexibility index (Phi) is 2.86. The average Bonchev–Trinajstić information content (AvgIpc) is 2.16. The van der Waals surface area contributed by atoms with Gasteiger partial charge in [-0.15, -0.1) is 0 Å². The summed E-state index contributed by atoms with van der Waals surface area (Å²) in [5, 5.41) is 2.78. The number of carbonyl (C=O) groups excluding carboxylic acids is 1. The Hall–Kier alpha value is -1.17. The number of rotatable bonds is 1. The fraction of sp³-hybridized carbons (Fsp3) is 0.444. The number of amides is 1. The second kappa shape index (κ2) is 4.14. The van der Waals surface area contributed by atoms with Crippen LogP contribution in [-0.4, -0.2) is 35.5 Å². The maximum atomic E-state index is 11.2. The topological polar surface area (TPSA) is 58.1 Å². The van der Waals surface area contributed by atoms with E-state index in [-0.39, 0.29) is 5.91 Å². The van der Waals surface area contributed by atoms with Crippen LogP contribution in [0, 0.1) is 6.92 Å². The van der Waals surface area contributed by atoms with Crippen molar-refractivity contribution < 1.29 is 4.79 Å². The van der Waals surface area contributed by atoms with Crippen molar-refractivity contribution in [2.45, 2.75) is 6.92 Å². The summed E-state index contributed by atoms with van der Waals surface area (Å²) in [5.74, 6) is 1.53. The lowest BCUT2D eigenvalue weighted by Crippen LogP contribution is -2.48. The second-order valence-corrected chi connectivity index (χ2v) is 4.18. The van der Waals surface area contributed by atoms with Gasteiger partial charge in [0, 0.05) is 19.2 Å². The second-order valence-electron chi connectivity index (χ2n) is 3.37. The first kappa shape index (κ1) is 10.4. The van der Waals surface area contributed by atoms with Gasteiger partial charge in [-0.25, -0.2) is 9.97 Å². The molecule has 1 saturated heterocycles. The maximum absolute atomic E-state index is 11.2. The molecule has 0 aromatic carbocycles. The van der Waals surface area contributed by atoms with Crippen molar-refractivity contribution in [3.8, 4) is 0 Å². The van der Waals surface area contributed by atoms with E-state index in [4.69, 9.17) is 0 Å². The zero-order chi connectivity index (χ0) is 10.8. The van der Waals surface area contributed by atoms with Crippen molar-refractivity contribution in [3.63, 3.8) is 0 Å². The molecule has 0 unspecified atom stereocenters. The van der Waals surface area contributed by atoms with E-state index in [0.29, 0.717) is 18.9 Å². The van der Waals surface area contributed by atoms with E-state index in [0.717, 1.165) is 17.0 Å². The van der Waals surface area contributed by atoms with Crippen molar-refractivity contribution >= 4 is 27.7 Å². The molecule has 15 heavy (non-hydrogen) atoms. The van der Waals surface area contributed by atoms with Crippen molar-refractivity contribution in [2.75, 3.05) is 24.5 Å². The zero-order valence-electron chi connectivity index (χ0n) is 8.33. The Labute approximate surface area is 96.0 Å². The lowest BCUT2D eigenvalue weighted by atomic mass is 10.3. The monoisotopic (exact) mass is 270 g/mol. The summed E-state index contributed by atoms with van der Waals surface area (Å²) in [4.78, 5) is 21.6. The molecule has 5 nitrogen and oxygen atoms in total. The molecule has 0 aliphatic carbocycles. The highest BCUT2D eigenvalue weighted by molar-refractivity contribution is 9.10. The summed E-state index contributed by atoms with van der Waals surface area (Å²) in [6.45, 7) is 3.65. The molecule has 6 heteroatoms. The molecule has 80 valence electrons. The van der Waals surface area contributed by atoms with Gasteiger partial charge >= 0.3 is 0 Å². The van der Waals surface area contributed by atoms with E-state index in [1.54, 1.807) is 0 Å². The summed E-state index contributed by atoms with van der Waals surface area (Å²) in [6.07, 6.45) is 0. The van der Waals surface area contributed by atoms with Crippen LogP contribution in [0.25, 0.3) is 0 Å². The first-order valence-corrected chi connectivity index (χ1v) is 5.47. The predicted molar refractivity (Wildman–Crippen MR) is 59.7 cm³/mol. The highest BCUT2D eigenvalue weighted by Gasteiger charge is 2.17. The van der Waals surface area contributed by atoms with Crippen LogP contribution in [0.15, 0.2) is 10.7 Å². The molecule has 0 saturated carbocycles. The number of halogens is 1. The molecule has 2 heterocycles. The van der Waals surface area contributed by atoms with Crippen molar-refractivity contribution in [1.82, 2.24) is 15.3 Å². The summed E-state index contributed by atoms with van der Waals surface area (Å²) in [6, 6.07) is 1.82. The highest BCUT2D eigenvalue weighted by atomic mass is 79.9. The molecule has 0 radical (unpaired) electrons. The predicted octanol–water partition coefficient (Wildman–Crippen LogP) is 0.484. The van der Waals surface area contributed by atoms with Gasteiger partial charge in [-0.1, -0.05) is 0 Å². The molecular weight excluding hydrogens is 260 g/mol. The first-order chi connectivity index (χ1) is 7.15. The number of hydrogen-bond donors (Lipinski definition) is 1. The lowest BCUT2D eigenvalue weighted by Gasteiger charge is -2.27. The van der Waals surface area contributed by atoms with E-state index >= 15 is 0 Å². The standard InChI is InChI=1S/C9H11BrN4O/c1-6-12-7(10)4-8(13-6)14-3-2-11-9(15)5-14/h4H,2-3,5H2,1H3,(H,11,15). The Morgan fingerprint density at radius 3 is 3.00 bits per heavy atom. The number of hydrogen-bond acceptors (Lipinski definition) is 4. The Morgan fingerprint density at radius 1 is 1.53 bits per heavy atom.